The summed E-state index contributed by atoms with van der Waals surface area (Å²) >= 11 is 0. The first-order chi connectivity index (χ1) is 32.6. The molecule has 0 aliphatic heterocycles. The second-order valence-corrected chi connectivity index (χ2v) is 16.3. The standard InChI is InChI=1S/C31H30N4O5.C22H20N4O2/c1-19(2)39-30(37)25(31(38)40-20(3)4)17-22-11-13-24(14-12-22)34(6)18-23-15-21(5)16-28(29(23)36)35-32-26-9-7-8-10-27(26)33-35;1-15-11-17(13-25(2)18-9-7-16(14-27)8-10-18)22(28)21(12-15)26-23-19-5-3-4-6-20(19)24-26/h7-17,36H,1,3,18H2,2,4-6H3;3-12,14,28H,13H2,1-2H3. The van der Waals surface area contributed by atoms with Gasteiger partial charge >= 0.3 is 11.9 Å². The van der Waals surface area contributed by atoms with Crippen LogP contribution in [0.25, 0.3) is 39.5 Å². The van der Waals surface area contributed by atoms with Gasteiger partial charge in [-0.1, -0.05) is 61.7 Å². The molecule has 2 heterocycles. The van der Waals surface area contributed by atoms with Crippen LogP contribution in [0.15, 0.2) is 152 Å². The zero-order valence-corrected chi connectivity index (χ0v) is 38.5. The molecular weight excluding hydrogens is 861 g/mol. The van der Waals surface area contributed by atoms with Crippen LogP contribution in [-0.4, -0.2) is 72.5 Å². The van der Waals surface area contributed by atoms with Crippen LogP contribution < -0.4 is 9.80 Å². The third kappa shape index (κ3) is 11.1. The van der Waals surface area contributed by atoms with Crippen LogP contribution in [0.3, 0.4) is 0 Å². The molecule has 15 nitrogen and oxygen atoms in total. The maximum atomic E-state index is 12.5. The molecule has 0 bridgehead atoms. The number of aryl methyl sites for hydroxylation is 2. The molecule has 0 spiro atoms. The third-order valence-electron chi connectivity index (χ3n) is 10.5. The molecule has 6 aromatic carbocycles. The predicted molar refractivity (Wildman–Crippen MR) is 263 cm³/mol. The molecule has 8 aromatic rings. The molecule has 15 heteroatoms. The summed E-state index contributed by atoms with van der Waals surface area (Å²) in [6, 6.07) is 37.2. The average Bonchev–Trinajstić information content (AvgIpc) is 3.95. The number of benzene rings is 6. The summed E-state index contributed by atoms with van der Waals surface area (Å²) < 4.78 is 10.0. The van der Waals surface area contributed by atoms with E-state index < -0.39 is 11.9 Å². The van der Waals surface area contributed by atoms with Gasteiger partial charge in [0.1, 0.15) is 56.8 Å². The third-order valence-corrected chi connectivity index (χ3v) is 10.5. The van der Waals surface area contributed by atoms with Gasteiger partial charge < -0.3 is 29.5 Å². The Balaban J connectivity index is 0.000000214. The average molecular weight is 911 g/mol. The molecule has 0 radical (unpaired) electrons. The van der Waals surface area contributed by atoms with Gasteiger partial charge in [-0.2, -0.15) is 0 Å². The van der Waals surface area contributed by atoms with E-state index in [0.29, 0.717) is 41.2 Å². The van der Waals surface area contributed by atoms with Crippen LogP contribution in [0.5, 0.6) is 11.5 Å². The Kier molecular flexibility index (Phi) is 14.2. The number of allylic oxidation sites excluding steroid dienone is 2. The number of fused-ring (bicyclic) bond motifs is 2. The van der Waals surface area contributed by atoms with Crippen LogP contribution in [0, 0.1) is 13.8 Å². The second kappa shape index (κ2) is 20.5. The van der Waals surface area contributed by atoms with Gasteiger partial charge in [-0.3, -0.25) is 4.79 Å². The summed E-state index contributed by atoms with van der Waals surface area (Å²) in [4.78, 5) is 42.7. The molecule has 0 amide bonds. The lowest BCUT2D eigenvalue weighted by molar-refractivity contribution is -0.142. The van der Waals surface area contributed by atoms with E-state index in [1.807, 2.05) is 135 Å². The number of phenolic OH excluding ortho intramolecular Hbond substituents is 2. The zero-order chi connectivity index (χ0) is 48.6. The van der Waals surface area contributed by atoms with Crippen LogP contribution >= 0.6 is 0 Å². The fourth-order valence-corrected chi connectivity index (χ4v) is 7.27. The van der Waals surface area contributed by atoms with Crippen LogP contribution in [0.4, 0.5) is 11.4 Å². The first-order valence-corrected chi connectivity index (χ1v) is 21.4. The molecule has 2 N–H and O–H groups in total. The Morgan fingerprint density at radius 3 is 1.28 bits per heavy atom. The molecule has 68 heavy (non-hydrogen) atoms. The van der Waals surface area contributed by atoms with Gasteiger partial charge in [0.2, 0.25) is 0 Å². The van der Waals surface area contributed by atoms with E-state index in [-0.39, 0.29) is 28.6 Å². The van der Waals surface area contributed by atoms with Crippen LogP contribution in [-0.2, 0) is 32.2 Å². The van der Waals surface area contributed by atoms with Crippen LogP contribution in [0.1, 0.15) is 52.0 Å². The smallest absolute Gasteiger partial charge is 0.350 e. The normalized spacial score (nSPS) is 10.7. The Morgan fingerprint density at radius 2 is 0.941 bits per heavy atom. The van der Waals surface area contributed by atoms with Crippen molar-refractivity contribution >= 4 is 57.7 Å². The monoisotopic (exact) mass is 910 g/mol. The SMILES string of the molecule is C=C(C)OC(=O)C(=Cc1ccc(N(C)Cc2cc(C)cc(-n3nc4ccccc4n3)c2O)cc1)C(=O)OC(=C)C.Cc1cc(CN(C)c2ccc(C=O)cc2)c(O)c(-n2nc3ccccc3n2)c1. The van der Waals surface area contributed by atoms with Crippen molar-refractivity contribution in [1.29, 1.82) is 0 Å². The minimum Gasteiger partial charge on any atom is -0.505 e. The van der Waals surface area contributed by atoms with Crippen molar-refractivity contribution in [2.45, 2.75) is 40.8 Å². The molecule has 0 saturated carbocycles. The maximum Gasteiger partial charge on any atom is 0.350 e. The molecule has 0 aliphatic rings. The van der Waals surface area contributed by atoms with E-state index in [1.165, 1.54) is 29.5 Å². The number of rotatable bonds is 14. The number of aldehydes is 1. The summed E-state index contributed by atoms with van der Waals surface area (Å²) in [6.07, 6.45) is 2.21. The number of nitrogens with zero attached hydrogens (tertiary/aromatic N) is 8. The minimum absolute atomic E-state index is 0.0917. The van der Waals surface area contributed by atoms with Crippen molar-refractivity contribution in [2.75, 3.05) is 23.9 Å². The predicted octanol–water partition coefficient (Wildman–Crippen LogP) is 9.49. The number of hydrogen-bond donors (Lipinski definition) is 2. The lowest BCUT2D eigenvalue weighted by Gasteiger charge is -2.21. The Bertz CT molecular complexity index is 3130. The number of anilines is 2. The summed E-state index contributed by atoms with van der Waals surface area (Å²) in [7, 11) is 3.84. The van der Waals surface area contributed by atoms with E-state index in [1.54, 1.807) is 24.3 Å². The van der Waals surface area contributed by atoms with Crippen molar-refractivity contribution in [2.24, 2.45) is 0 Å². The van der Waals surface area contributed by atoms with E-state index in [2.05, 4.69) is 33.6 Å². The fourth-order valence-electron chi connectivity index (χ4n) is 7.27. The largest absolute Gasteiger partial charge is 0.505 e. The zero-order valence-electron chi connectivity index (χ0n) is 38.5. The molecule has 2 aromatic heterocycles. The molecule has 0 fully saturated rings. The maximum absolute atomic E-state index is 12.5. The number of esters is 2. The summed E-state index contributed by atoms with van der Waals surface area (Å²) in [6.45, 7) is 14.9. The van der Waals surface area contributed by atoms with Crippen molar-refractivity contribution in [3.05, 3.63) is 185 Å². The quantitative estimate of drug-likeness (QED) is 0.0264. The Labute approximate surface area is 393 Å². The first kappa shape index (κ1) is 47.1. The molecule has 344 valence electrons. The topological polar surface area (TPSA) is 178 Å². The summed E-state index contributed by atoms with van der Waals surface area (Å²) in [5.74, 6) is -1.20. The van der Waals surface area contributed by atoms with Gasteiger partial charge in [0, 0.05) is 55.2 Å². The van der Waals surface area contributed by atoms with Gasteiger partial charge in [-0.15, -0.1) is 30.0 Å². The highest BCUT2D eigenvalue weighted by atomic mass is 16.6. The highest BCUT2D eigenvalue weighted by molar-refractivity contribution is 6.18. The lowest BCUT2D eigenvalue weighted by atomic mass is 10.1. The second-order valence-electron chi connectivity index (χ2n) is 16.3. The van der Waals surface area contributed by atoms with Gasteiger partial charge in [0.15, 0.2) is 0 Å². The van der Waals surface area contributed by atoms with Crippen molar-refractivity contribution in [1.82, 2.24) is 30.0 Å². The summed E-state index contributed by atoms with van der Waals surface area (Å²) in [5.41, 5.74) is 10.2. The van der Waals surface area contributed by atoms with E-state index in [9.17, 15) is 24.6 Å². The van der Waals surface area contributed by atoms with Crippen molar-refractivity contribution in [3.63, 3.8) is 0 Å². The van der Waals surface area contributed by atoms with Gasteiger partial charge in [0.05, 0.1) is 11.5 Å². The van der Waals surface area contributed by atoms with Crippen molar-refractivity contribution < 1.29 is 34.1 Å². The molecule has 8 rings (SSSR count). The van der Waals surface area contributed by atoms with Gasteiger partial charge in [-0.25, -0.2) is 9.59 Å². The van der Waals surface area contributed by atoms with E-state index in [4.69, 9.17) is 9.47 Å². The Morgan fingerprint density at radius 1 is 0.588 bits per heavy atom. The number of carbonyl (C=O) groups excluding carboxylic acids is 3. The number of aromatic hydroxyl groups is 2. The number of carbonyl (C=O) groups is 3. The van der Waals surface area contributed by atoms with E-state index in [0.717, 1.165) is 56.4 Å². The van der Waals surface area contributed by atoms with E-state index >= 15 is 0 Å². The highest BCUT2D eigenvalue weighted by Gasteiger charge is 2.23. The number of ether oxygens (including phenoxy) is 2. The summed E-state index contributed by atoms with van der Waals surface area (Å²) in [5, 5.41) is 40.0. The number of aromatic nitrogens is 6. The van der Waals surface area contributed by atoms with Gasteiger partial charge in [-0.05, 0) is 123 Å². The van der Waals surface area contributed by atoms with Crippen LogP contribution in [0.2, 0.25) is 0 Å². The molecule has 0 atom stereocenters. The fraction of sp³-hybridized carbons (Fsp3) is 0.151. The first-order valence-electron chi connectivity index (χ1n) is 21.4. The number of phenols is 2. The Hall–Kier alpha value is -8.85. The molecule has 0 aliphatic carbocycles. The van der Waals surface area contributed by atoms with Gasteiger partial charge in [0.25, 0.3) is 0 Å². The molecular formula is C53H50N8O7. The minimum atomic E-state index is -0.870. The lowest BCUT2D eigenvalue weighted by Crippen LogP contribution is -2.17. The highest BCUT2D eigenvalue weighted by Crippen LogP contribution is 2.32. The molecule has 0 unspecified atom stereocenters. The number of hydrogen-bond acceptors (Lipinski definition) is 13. The van der Waals surface area contributed by atoms with Crippen molar-refractivity contribution in [3.8, 4) is 22.9 Å². The molecule has 0 saturated heterocycles.